The molecule has 1 unspecified atom stereocenters. The van der Waals surface area contributed by atoms with Crippen LogP contribution in [0, 0.1) is 6.07 Å². The zero-order valence-electron chi connectivity index (χ0n) is 11.0. The van der Waals surface area contributed by atoms with E-state index < -0.39 is 56.1 Å². The van der Waals surface area contributed by atoms with Gasteiger partial charge in [-0.1, -0.05) is 12.1 Å². The molecule has 0 aliphatic rings. The molecular formula is C11H2BrF12S. The predicted molar refractivity (Wildman–Crippen MR) is 64.7 cm³/mol. The maximum absolute atomic E-state index is 14.3. The number of alkyl halides is 12. The first kappa shape index (κ1) is 22.3. The lowest BCUT2D eigenvalue weighted by Crippen LogP contribution is -2.60. The minimum Gasteiger partial charge on any atom is -0.221 e. The number of rotatable bonds is 3. The van der Waals surface area contributed by atoms with E-state index in [9.17, 15) is 52.7 Å². The summed E-state index contributed by atoms with van der Waals surface area (Å²) in [6.07, 6.45) is -13.9. The van der Waals surface area contributed by atoms with Gasteiger partial charge in [0.15, 0.2) is 0 Å². The lowest BCUT2D eigenvalue weighted by Gasteiger charge is -2.37. The van der Waals surface area contributed by atoms with E-state index in [-0.39, 0.29) is 12.1 Å². The van der Waals surface area contributed by atoms with Gasteiger partial charge in [0.25, 0.3) is 0 Å². The standard InChI is InChI=1S/C11H2BrF12S/c12-5-3-1-2-4(6(5)25-11(22,23)24)7(13,9(16,17)18)8(14,15)10(19,20)21/h1-2H. The monoisotopic (exact) mass is 473 g/mol. The van der Waals surface area contributed by atoms with Gasteiger partial charge in [0.05, 0.1) is 0 Å². The first-order valence-corrected chi connectivity index (χ1v) is 7.14. The summed E-state index contributed by atoms with van der Waals surface area (Å²) in [4.78, 5) is -1.86. The average molecular weight is 474 g/mol. The summed E-state index contributed by atoms with van der Waals surface area (Å²) in [5.41, 5.74) is -14.4. The van der Waals surface area contributed by atoms with Crippen LogP contribution < -0.4 is 0 Å². The average Bonchev–Trinajstić information content (AvgIpc) is 2.36. The summed E-state index contributed by atoms with van der Waals surface area (Å²) < 4.78 is 153. The minimum absolute atomic E-state index is 0.270. The third-order valence-corrected chi connectivity index (χ3v) is 4.42. The van der Waals surface area contributed by atoms with Gasteiger partial charge < -0.3 is 0 Å². The Kier molecular flexibility index (Phi) is 5.72. The summed E-state index contributed by atoms with van der Waals surface area (Å²) in [6.45, 7) is 0. The molecule has 0 nitrogen and oxygen atoms in total. The second-order valence-electron chi connectivity index (χ2n) is 4.31. The Balaban J connectivity index is 3.86. The molecule has 0 aliphatic heterocycles. The molecule has 143 valence electrons. The van der Waals surface area contributed by atoms with E-state index in [0.717, 1.165) is 0 Å². The van der Waals surface area contributed by atoms with E-state index >= 15 is 0 Å². The summed E-state index contributed by atoms with van der Waals surface area (Å²) in [5, 5.41) is 0. The molecule has 0 fully saturated rings. The summed E-state index contributed by atoms with van der Waals surface area (Å²) >= 11 is 0.745. The lowest BCUT2D eigenvalue weighted by atomic mass is 9.87. The van der Waals surface area contributed by atoms with Crippen LogP contribution in [0.4, 0.5) is 52.7 Å². The van der Waals surface area contributed by atoms with Gasteiger partial charge in [-0.25, -0.2) is 4.39 Å². The van der Waals surface area contributed by atoms with Crippen LogP contribution >= 0.6 is 27.7 Å². The summed E-state index contributed by atoms with van der Waals surface area (Å²) in [7, 11) is 0. The minimum atomic E-state index is -7.07. The molecule has 1 aromatic carbocycles. The Morgan fingerprint density at radius 3 is 1.64 bits per heavy atom. The molecule has 0 saturated carbocycles. The van der Waals surface area contributed by atoms with Gasteiger partial charge in [-0.05, 0) is 33.8 Å². The zero-order valence-corrected chi connectivity index (χ0v) is 13.4. The second-order valence-corrected chi connectivity index (χ2v) is 6.18. The van der Waals surface area contributed by atoms with Crippen molar-refractivity contribution in [3.8, 4) is 0 Å². The van der Waals surface area contributed by atoms with Crippen LogP contribution in [-0.2, 0) is 5.67 Å². The Morgan fingerprint density at radius 1 is 0.800 bits per heavy atom. The topological polar surface area (TPSA) is 0 Å². The Morgan fingerprint density at radius 2 is 1.28 bits per heavy atom. The van der Waals surface area contributed by atoms with E-state index in [2.05, 4.69) is 15.9 Å². The van der Waals surface area contributed by atoms with Crippen molar-refractivity contribution in [2.24, 2.45) is 0 Å². The van der Waals surface area contributed by atoms with Crippen molar-refractivity contribution in [3.05, 3.63) is 28.2 Å². The zero-order chi connectivity index (χ0) is 20.1. The van der Waals surface area contributed by atoms with Gasteiger partial charge in [0.2, 0.25) is 0 Å². The van der Waals surface area contributed by atoms with Crippen LogP contribution in [0.2, 0.25) is 0 Å². The van der Waals surface area contributed by atoms with Crippen molar-refractivity contribution in [1.82, 2.24) is 0 Å². The van der Waals surface area contributed by atoms with Crippen LogP contribution in [-0.4, -0.2) is 23.8 Å². The van der Waals surface area contributed by atoms with Crippen molar-refractivity contribution in [2.45, 2.75) is 34.3 Å². The third-order valence-electron chi connectivity index (χ3n) is 2.67. The molecule has 0 spiro atoms. The van der Waals surface area contributed by atoms with Crippen LogP contribution in [0.5, 0.6) is 0 Å². The van der Waals surface area contributed by atoms with Crippen LogP contribution in [0.1, 0.15) is 5.56 Å². The van der Waals surface area contributed by atoms with Crippen molar-refractivity contribution in [3.63, 3.8) is 0 Å². The number of hydrogen-bond acceptors (Lipinski definition) is 1. The van der Waals surface area contributed by atoms with E-state index in [1.165, 1.54) is 0 Å². The highest BCUT2D eigenvalue weighted by Gasteiger charge is 2.82. The Bertz CT molecular complexity index is 631. The molecule has 1 radical (unpaired) electrons. The normalized spacial score (nSPS) is 16.7. The molecule has 0 N–H and O–H groups in total. The van der Waals surface area contributed by atoms with Crippen molar-refractivity contribution < 1.29 is 52.7 Å². The van der Waals surface area contributed by atoms with E-state index in [0.29, 0.717) is 0 Å². The quantitative estimate of drug-likeness (QED) is 0.344. The van der Waals surface area contributed by atoms with Crippen LogP contribution in [0.3, 0.4) is 0 Å². The van der Waals surface area contributed by atoms with Gasteiger partial charge in [-0.2, -0.15) is 48.3 Å². The first-order valence-electron chi connectivity index (χ1n) is 5.53. The fourth-order valence-electron chi connectivity index (χ4n) is 1.64. The smallest absolute Gasteiger partial charge is 0.221 e. The summed E-state index contributed by atoms with van der Waals surface area (Å²) in [5.74, 6) is -7.07. The first-order chi connectivity index (χ1) is 10.9. The van der Waals surface area contributed by atoms with Crippen molar-refractivity contribution in [1.29, 1.82) is 0 Å². The highest BCUT2D eigenvalue weighted by atomic mass is 79.9. The molecule has 0 bridgehead atoms. The molecule has 1 aromatic rings. The molecule has 0 saturated heterocycles. The fourth-order valence-corrected chi connectivity index (χ4v) is 2.93. The maximum atomic E-state index is 14.3. The van der Waals surface area contributed by atoms with Crippen molar-refractivity contribution >= 4 is 27.7 Å². The molecule has 0 amide bonds. The van der Waals surface area contributed by atoms with Crippen LogP contribution in [0.15, 0.2) is 21.5 Å². The van der Waals surface area contributed by atoms with Gasteiger partial charge in [0, 0.05) is 14.9 Å². The SMILES string of the molecule is FC(F)(F)Sc1c(Br)[c]ccc1C(F)(C(F)(F)F)C(F)(F)C(F)(F)F. The largest absolute Gasteiger partial charge is 0.457 e. The van der Waals surface area contributed by atoms with E-state index in [1.807, 2.05) is 6.07 Å². The highest BCUT2D eigenvalue weighted by Crippen LogP contribution is 2.60. The van der Waals surface area contributed by atoms with Gasteiger partial charge in [-0.3, -0.25) is 0 Å². The molecule has 0 aromatic heterocycles. The number of benzene rings is 1. The highest BCUT2D eigenvalue weighted by molar-refractivity contribution is 9.10. The predicted octanol–water partition coefficient (Wildman–Crippen LogP) is 6.79. The molecule has 0 aliphatic carbocycles. The Hall–Kier alpha value is -0.790. The van der Waals surface area contributed by atoms with Gasteiger partial charge in [-0.15, -0.1) is 0 Å². The molecule has 25 heavy (non-hydrogen) atoms. The number of thioether (sulfide) groups is 1. The summed E-state index contributed by atoms with van der Waals surface area (Å²) in [6, 6.07) is 1.81. The van der Waals surface area contributed by atoms with Crippen molar-refractivity contribution in [2.75, 3.05) is 0 Å². The lowest BCUT2D eigenvalue weighted by molar-refractivity contribution is -0.389. The molecule has 0 heterocycles. The van der Waals surface area contributed by atoms with Gasteiger partial charge in [0.1, 0.15) is 0 Å². The van der Waals surface area contributed by atoms with Crippen LogP contribution in [0.25, 0.3) is 0 Å². The maximum Gasteiger partial charge on any atom is 0.457 e. The molecule has 1 rings (SSSR count). The number of halogens is 13. The second kappa shape index (κ2) is 6.43. The molecular weight excluding hydrogens is 472 g/mol. The third kappa shape index (κ3) is 3.98. The van der Waals surface area contributed by atoms with E-state index in [1.54, 1.807) is 0 Å². The molecule has 1 atom stereocenters. The van der Waals surface area contributed by atoms with Gasteiger partial charge >= 0.3 is 29.5 Å². The molecule has 14 heteroatoms. The number of hydrogen-bond donors (Lipinski definition) is 0. The van der Waals surface area contributed by atoms with E-state index in [4.69, 9.17) is 0 Å². The fraction of sp³-hybridized carbons (Fsp3) is 0.455. The Labute approximate surface area is 143 Å².